The molecule has 0 spiro atoms. The molecule has 0 unspecified atom stereocenters. The molecule has 3 heteroatoms. The van der Waals surface area contributed by atoms with Gasteiger partial charge in [-0.3, -0.25) is 4.98 Å². The quantitative estimate of drug-likeness (QED) is 0.928. The van der Waals surface area contributed by atoms with Gasteiger partial charge in [-0.15, -0.1) is 0 Å². The van der Waals surface area contributed by atoms with Gasteiger partial charge in [0.2, 0.25) is 0 Å². The molecule has 106 valence electrons. The number of fused-ring (bicyclic) bond motifs is 2. The third kappa shape index (κ3) is 2.21. The van der Waals surface area contributed by atoms with Crippen LogP contribution >= 0.6 is 0 Å². The van der Waals surface area contributed by atoms with E-state index in [1.54, 1.807) is 0 Å². The Morgan fingerprint density at radius 2 is 2.20 bits per heavy atom. The summed E-state index contributed by atoms with van der Waals surface area (Å²) in [5.41, 5.74) is 6.76. The molecule has 3 rings (SSSR count). The number of aromatic nitrogens is 1. The summed E-state index contributed by atoms with van der Waals surface area (Å²) >= 11 is 0. The zero-order valence-corrected chi connectivity index (χ0v) is 12.7. The van der Waals surface area contributed by atoms with E-state index in [0.717, 1.165) is 32.5 Å². The number of likely N-dealkylation sites (N-methyl/N-ethyl adjacent to an activating group) is 1. The molecule has 3 nitrogen and oxygen atoms in total. The Balaban J connectivity index is 2.29. The van der Waals surface area contributed by atoms with Crippen LogP contribution in [0.25, 0.3) is 10.9 Å². The lowest BCUT2D eigenvalue weighted by Crippen LogP contribution is -2.29. The third-order valence-electron chi connectivity index (χ3n) is 4.30. The fourth-order valence-corrected chi connectivity index (χ4v) is 3.21. The number of benzene rings is 1. The zero-order valence-electron chi connectivity index (χ0n) is 12.7. The molecule has 2 aromatic rings. The maximum atomic E-state index is 5.01. The van der Waals surface area contributed by atoms with Crippen LogP contribution in [-0.4, -0.2) is 30.5 Å². The first-order valence-electron chi connectivity index (χ1n) is 7.50. The van der Waals surface area contributed by atoms with Gasteiger partial charge in [0.05, 0.1) is 5.52 Å². The molecule has 0 saturated carbocycles. The van der Waals surface area contributed by atoms with E-state index in [1.807, 2.05) is 7.05 Å². The summed E-state index contributed by atoms with van der Waals surface area (Å²) in [5, 5.41) is 4.66. The van der Waals surface area contributed by atoms with E-state index in [0.29, 0.717) is 0 Å². The summed E-state index contributed by atoms with van der Waals surface area (Å²) in [5.74, 6) is 0. The van der Waals surface area contributed by atoms with Crippen LogP contribution in [0, 0.1) is 0 Å². The topological polar surface area (TPSA) is 28.2 Å². The Labute approximate surface area is 121 Å². The third-order valence-corrected chi connectivity index (χ3v) is 4.30. The number of rotatable bonds is 3. The van der Waals surface area contributed by atoms with Gasteiger partial charge in [0.25, 0.3) is 0 Å². The van der Waals surface area contributed by atoms with Gasteiger partial charge in [-0.25, -0.2) is 0 Å². The average Bonchev–Trinajstić information content (AvgIpc) is 2.47. The van der Waals surface area contributed by atoms with Gasteiger partial charge in [0, 0.05) is 37.1 Å². The number of aryl methyl sites for hydroxylation is 1. The van der Waals surface area contributed by atoms with Crippen LogP contribution < -0.4 is 5.32 Å². The molecule has 1 aromatic carbocycles. The molecular weight excluding hydrogens is 246 g/mol. The predicted molar refractivity (Wildman–Crippen MR) is 83.9 cm³/mol. The van der Waals surface area contributed by atoms with Crippen LogP contribution in [0.5, 0.6) is 0 Å². The smallest absolute Gasteiger partial charge is 0.0740 e. The van der Waals surface area contributed by atoms with E-state index in [-0.39, 0.29) is 0 Å². The van der Waals surface area contributed by atoms with Crippen molar-refractivity contribution in [3.8, 4) is 0 Å². The molecular formula is C17H23N3. The van der Waals surface area contributed by atoms with Gasteiger partial charge in [-0.2, -0.15) is 0 Å². The van der Waals surface area contributed by atoms with Crippen LogP contribution in [0.4, 0.5) is 0 Å². The summed E-state index contributed by atoms with van der Waals surface area (Å²) in [6.45, 7) is 5.26. The molecule has 1 aromatic heterocycles. The largest absolute Gasteiger partial charge is 0.316 e. The van der Waals surface area contributed by atoms with Crippen molar-refractivity contribution >= 4 is 10.9 Å². The van der Waals surface area contributed by atoms with Gasteiger partial charge in [0.15, 0.2) is 0 Å². The van der Waals surface area contributed by atoms with E-state index in [9.17, 15) is 0 Å². The van der Waals surface area contributed by atoms with Crippen LogP contribution in [0.2, 0.25) is 0 Å². The van der Waals surface area contributed by atoms with E-state index in [4.69, 9.17) is 4.98 Å². The van der Waals surface area contributed by atoms with Crippen molar-refractivity contribution in [3.05, 3.63) is 40.6 Å². The Bertz CT molecular complexity index is 634. The monoisotopic (exact) mass is 269 g/mol. The summed E-state index contributed by atoms with van der Waals surface area (Å²) in [6.07, 6.45) is 2.11. The van der Waals surface area contributed by atoms with Gasteiger partial charge >= 0.3 is 0 Å². The number of hydrogen-bond donors (Lipinski definition) is 1. The van der Waals surface area contributed by atoms with Crippen molar-refractivity contribution in [2.75, 3.05) is 20.6 Å². The molecule has 1 aliphatic rings. The fraction of sp³-hybridized carbons (Fsp3) is 0.471. The highest BCUT2D eigenvalue weighted by molar-refractivity contribution is 5.86. The minimum absolute atomic E-state index is 0.919. The Morgan fingerprint density at radius 1 is 1.35 bits per heavy atom. The normalized spacial score (nSPS) is 15.6. The second-order valence-electron chi connectivity index (χ2n) is 5.70. The maximum Gasteiger partial charge on any atom is 0.0740 e. The van der Waals surface area contributed by atoms with Crippen molar-refractivity contribution in [1.82, 2.24) is 15.2 Å². The lowest BCUT2D eigenvalue weighted by Gasteiger charge is -2.27. The SMILES string of the molecule is CCc1cccc2c(CNC)c3c(nc12)CCN(C)C3. The second-order valence-corrected chi connectivity index (χ2v) is 5.70. The first kappa shape index (κ1) is 13.5. The first-order chi connectivity index (χ1) is 9.74. The van der Waals surface area contributed by atoms with E-state index >= 15 is 0 Å². The Kier molecular flexibility index (Phi) is 3.72. The predicted octanol–water partition coefficient (Wildman–Crippen LogP) is 2.50. The lowest BCUT2D eigenvalue weighted by molar-refractivity contribution is 0.309. The zero-order chi connectivity index (χ0) is 14.1. The van der Waals surface area contributed by atoms with E-state index in [2.05, 4.69) is 42.4 Å². The molecule has 0 bridgehead atoms. The molecule has 2 heterocycles. The van der Waals surface area contributed by atoms with E-state index in [1.165, 1.54) is 33.3 Å². The molecule has 0 amide bonds. The second kappa shape index (κ2) is 5.51. The number of para-hydroxylation sites is 1. The van der Waals surface area contributed by atoms with Gasteiger partial charge < -0.3 is 10.2 Å². The van der Waals surface area contributed by atoms with Gasteiger partial charge in [-0.1, -0.05) is 25.1 Å². The number of nitrogens with zero attached hydrogens (tertiary/aromatic N) is 2. The highest BCUT2D eigenvalue weighted by atomic mass is 15.1. The van der Waals surface area contributed by atoms with Crippen molar-refractivity contribution in [2.24, 2.45) is 0 Å². The van der Waals surface area contributed by atoms with Gasteiger partial charge in [0.1, 0.15) is 0 Å². The molecule has 0 radical (unpaired) electrons. The van der Waals surface area contributed by atoms with Crippen molar-refractivity contribution in [2.45, 2.75) is 32.9 Å². The molecule has 0 aliphatic carbocycles. The standard InChI is InChI=1S/C17H23N3/c1-4-12-6-5-7-13-14(10-18-2)15-11-20(3)9-8-16(15)19-17(12)13/h5-7,18H,4,8-11H2,1-3H3. The first-order valence-corrected chi connectivity index (χ1v) is 7.50. The van der Waals surface area contributed by atoms with Crippen LogP contribution in [0.3, 0.4) is 0 Å². The Hall–Kier alpha value is -1.45. The van der Waals surface area contributed by atoms with Crippen molar-refractivity contribution in [1.29, 1.82) is 0 Å². The molecule has 0 saturated heterocycles. The average molecular weight is 269 g/mol. The summed E-state index contributed by atoms with van der Waals surface area (Å²) in [6, 6.07) is 6.60. The highest BCUT2D eigenvalue weighted by Crippen LogP contribution is 2.29. The molecule has 1 aliphatic heterocycles. The summed E-state index contributed by atoms with van der Waals surface area (Å²) < 4.78 is 0. The van der Waals surface area contributed by atoms with Crippen molar-refractivity contribution in [3.63, 3.8) is 0 Å². The summed E-state index contributed by atoms with van der Waals surface area (Å²) in [4.78, 5) is 7.40. The molecule has 0 fully saturated rings. The van der Waals surface area contributed by atoms with Gasteiger partial charge in [-0.05, 0) is 37.2 Å². The number of pyridine rings is 1. The lowest BCUT2D eigenvalue weighted by atomic mass is 9.94. The molecule has 20 heavy (non-hydrogen) atoms. The van der Waals surface area contributed by atoms with E-state index < -0.39 is 0 Å². The van der Waals surface area contributed by atoms with Crippen molar-refractivity contribution < 1.29 is 0 Å². The number of hydrogen-bond acceptors (Lipinski definition) is 3. The minimum atomic E-state index is 0.919. The van der Waals surface area contributed by atoms with Crippen LogP contribution in [0.15, 0.2) is 18.2 Å². The number of nitrogens with one attached hydrogen (secondary N) is 1. The maximum absolute atomic E-state index is 5.01. The van der Waals surface area contributed by atoms with Crippen LogP contribution in [0.1, 0.15) is 29.3 Å². The minimum Gasteiger partial charge on any atom is -0.316 e. The highest BCUT2D eigenvalue weighted by Gasteiger charge is 2.20. The summed E-state index contributed by atoms with van der Waals surface area (Å²) in [7, 11) is 4.22. The van der Waals surface area contributed by atoms with Crippen LogP contribution in [-0.2, 0) is 25.9 Å². The molecule has 1 N–H and O–H groups in total. The fourth-order valence-electron chi connectivity index (χ4n) is 3.21. The molecule has 0 atom stereocenters. The Morgan fingerprint density at radius 3 is 2.95 bits per heavy atom.